The van der Waals surface area contributed by atoms with Crippen molar-refractivity contribution in [2.45, 2.75) is 20.8 Å². The number of hydrogen-bond acceptors (Lipinski definition) is 6. The topological polar surface area (TPSA) is 100 Å². The summed E-state index contributed by atoms with van der Waals surface area (Å²) in [5.74, 6) is -0.645. The lowest BCUT2D eigenvalue weighted by Crippen LogP contribution is -2.08. The number of pyridine rings is 1. The smallest absolute Gasteiger partial charge is 0.340 e. The molecule has 0 saturated carbocycles. The molecule has 0 radical (unpaired) electrons. The van der Waals surface area contributed by atoms with Crippen LogP contribution in [0, 0.1) is 24.0 Å². The lowest BCUT2D eigenvalue weighted by Gasteiger charge is -2.05. The zero-order valence-electron chi connectivity index (χ0n) is 13.9. The fourth-order valence-corrected chi connectivity index (χ4v) is 2.26. The van der Waals surface area contributed by atoms with Crippen LogP contribution in [-0.4, -0.2) is 32.3 Å². The van der Waals surface area contributed by atoms with E-state index in [2.05, 4.69) is 10.1 Å². The van der Waals surface area contributed by atoms with E-state index >= 15 is 0 Å². The normalized spacial score (nSPS) is 11.0. The van der Waals surface area contributed by atoms with Gasteiger partial charge in [-0.3, -0.25) is 14.8 Å². The van der Waals surface area contributed by atoms with Crippen LogP contribution in [0.25, 0.3) is 12.2 Å². The Morgan fingerprint density at radius 2 is 2.12 bits per heavy atom. The molecule has 2 heterocycles. The van der Waals surface area contributed by atoms with Crippen molar-refractivity contribution in [3.63, 3.8) is 0 Å². The molecule has 2 aromatic heterocycles. The van der Waals surface area contributed by atoms with Gasteiger partial charge in [0.1, 0.15) is 6.20 Å². The SMILES string of the molecule is CCOC(=O)c1cc([N+](=O)[O-])cnc1/C=C/c1c(C)nn(C)c1C. The standard InChI is InChI=1S/C16H18N4O4/c1-5-24-16(21)14-8-12(20(22)23)9-17-15(14)7-6-13-10(2)18-19(4)11(13)3/h6-9H,5H2,1-4H3/b7-6+. The van der Waals surface area contributed by atoms with Crippen LogP contribution in [0.15, 0.2) is 12.3 Å². The Kier molecular flexibility index (Phi) is 5.08. The van der Waals surface area contributed by atoms with E-state index in [4.69, 9.17) is 4.74 Å². The third-order valence-corrected chi connectivity index (χ3v) is 3.58. The van der Waals surface area contributed by atoms with Gasteiger partial charge in [-0.2, -0.15) is 5.10 Å². The van der Waals surface area contributed by atoms with Gasteiger partial charge in [0.15, 0.2) is 0 Å². The molecule has 0 amide bonds. The first-order chi connectivity index (χ1) is 11.3. The molecule has 0 aliphatic rings. The lowest BCUT2D eigenvalue weighted by atomic mass is 10.1. The van der Waals surface area contributed by atoms with Crippen molar-refractivity contribution >= 4 is 23.8 Å². The Bertz CT molecular complexity index is 824. The molecule has 8 nitrogen and oxygen atoms in total. The molecule has 0 aliphatic heterocycles. The molecule has 0 bridgehead atoms. The highest BCUT2D eigenvalue weighted by Crippen LogP contribution is 2.20. The van der Waals surface area contributed by atoms with E-state index < -0.39 is 10.9 Å². The van der Waals surface area contributed by atoms with E-state index in [1.807, 2.05) is 20.9 Å². The highest BCUT2D eigenvalue weighted by atomic mass is 16.6. The molecule has 126 valence electrons. The number of carbonyl (C=O) groups excluding carboxylic acids is 1. The number of nitrogens with zero attached hydrogens (tertiary/aromatic N) is 4. The van der Waals surface area contributed by atoms with Crippen LogP contribution in [0.1, 0.15) is 39.9 Å². The first-order valence-electron chi connectivity index (χ1n) is 7.35. The number of esters is 1. The maximum atomic E-state index is 12.1. The summed E-state index contributed by atoms with van der Waals surface area (Å²) in [6.45, 7) is 5.64. The van der Waals surface area contributed by atoms with E-state index in [1.165, 1.54) is 6.07 Å². The first kappa shape index (κ1) is 17.3. The minimum atomic E-state index is -0.645. The summed E-state index contributed by atoms with van der Waals surface area (Å²) in [5.41, 5.74) is 2.81. The van der Waals surface area contributed by atoms with Crippen molar-refractivity contribution in [3.05, 3.63) is 50.6 Å². The van der Waals surface area contributed by atoms with Crippen molar-refractivity contribution in [2.75, 3.05) is 6.61 Å². The van der Waals surface area contributed by atoms with Gasteiger partial charge in [-0.05, 0) is 32.9 Å². The summed E-state index contributed by atoms with van der Waals surface area (Å²) < 4.78 is 6.71. The van der Waals surface area contributed by atoms with Gasteiger partial charge in [0, 0.05) is 24.4 Å². The molecule has 0 fully saturated rings. The molecular weight excluding hydrogens is 312 g/mol. The maximum Gasteiger partial charge on any atom is 0.340 e. The summed E-state index contributed by atoms with van der Waals surface area (Å²) in [6.07, 6.45) is 4.53. The van der Waals surface area contributed by atoms with E-state index in [1.54, 1.807) is 23.8 Å². The number of aromatic nitrogens is 3. The Balaban J connectivity index is 2.47. The minimum absolute atomic E-state index is 0.0569. The van der Waals surface area contributed by atoms with Gasteiger partial charge in [0.2, 0.25) is 0 Å². The summed E-state index contributed by atoms with van der Waals surface area (Å²) in [5, 5.41) is 15.2. The summed E-state index contributed by atoms with van der Waals surface area (Å²) in [7, 11) is 1.84. The number of ether oxygens (including phenoxy) is 1. The van der Waals surface area contributed by atoms with E-state index in [-0.39, 0.29) is 17.9 Å². The molecule has 0 saturated heterocycles. The zero-order chi connectivity index (χ0) is 17.9. The third kappa shape index (κ3) is 3.48. The second-order valence-electron chi connectivity index (χ2n) is 5.15. The number of rotatable bonds is 5. The second kappa shape index (κ2) is 7.03. The average molecular weight is 330 g/mol. The molecule has 0 spiro atoms. The van der Waals surface area contributed by atoms with Gasteiger partial charge in [-0.15, -0.1) is 0 Å². The van der Waals surface area contributed by atoms with Crippen LogP contribution in [-0.2, 0) is 11.8 Å². The Labute approximate surface area is 138 Å². The van der Waals surface area contributed by atoms with Gasteiger partial charge < -0.3 is 4.74 Å². The Morgan fingerprint density at radius 1 is 1.42 bits per heavy atom. The monoisotopic (exact) mass is 330 g/mol. The fourth-order valence-electron chi connectivity index (χ4n) is 2.26. The predicted molar refractivity (Wildman–Crippen MR) is 88.5 cm³/mol. The zero-order valence-corrected chi connectivity index (χ0v) is 13.9. The number of hydrogen-bond donors (Lipinski definition) is 0. The van der Waals surface area contributed by atoms with Gasteiger partial charge >= 0.3 is 5.97 Å². The second-order valence-corrected chi connectivity index (χ2v) is 5.15. The van der Waals surface area contributed by atoms with Crippen molar-refractivity contribution in [1.29, 1.82) is 0 Å². The van der Waals surface area contributed by atoms with Gasteiger partial charge in [0.05, 0.1) is 28.5 Å². The van der Waals surface area contributed by atoms with Crippen molar-refractivity contribution in [1.82, 2.24) is 14.8 Å². The lowest BCUT2D eigenvalue weighted by molar-refractivity contribution is -0.385. The van der Waals surface area contributed by atoms with Crippen LogP contribution in [0.3, 0.4) is 0 Å². The molecular formula is C16H18N4O4. The third-order valence-electron chi connectivity index (χ3n) is 3.58. The van der Waals surface area contributed by atoms with Crippen LogP contribution >= 0.6 is 0 Å². The molecule has 8 heteroatoms. The van der Waals surface area contributed by atoms with Crippen LogP contribution in [0.4, 0.5) is 5.69 Å². The molecule has 0 aromatic carbocycles. The predicted octanol–water partition coefficient (Wildman–Crippen LogP) is 2.69. The average Bonchev–Trinajstić information content (AvgIpc) is 2.78. The minimum Gasteiger partial charge on any atom is -0.462 e. The van der Waals surface area contributed by atoms with E-state index in [0.717, 1.165) is 23.1 Å². The van der Waals surface area contributed by atoms with Crippen molar-refractivity contribution < 1.29 is 14.5 Å². The molecule has 2 rings (SSSR count). The molecule has 0 aliphatic carbocycles. The van der Waals surface area contributed by atoms with E-state index in [9.17, 15) is 14.9 Å². The summed E-state index contributed by atoms with van der Waals surface area (Å²) >= 11 is 0. The number of aryl methyl sites for hydroxylation is 2. The highest BCUT2D eigenvalue weighted by molar-refractivity contribution is 5.94. The first-order valence-corrected chi connectivity index (χ1v) is 7.35. The summed E-state index contributed by atoms with van der Waals surface area (Å²) in [4.78, 5) is 26.4. The van der Waals surface area contributed by atoms with Gasteiger partial charge in [0.25, 0.3) is 5.69 Å². The molecule has 0 atom stereocenters. The molecule has 24 heavy (non-hydrogen) atoms. The van der Waals surface area contributed by atoms with E-state index in [0.29, 0.717) is 5.69 Å². The molecule has 2 aromatic rings. The fraction of sp³-hybridized carbons (Fsp3) is 0.312. The van der Waals surface area contributed by atoms with Crippen LogP contribution in [0.2, 0.25) is 0 Å². The maximum absolute atomic E-state index is 12.1. The summed E-state index contributed by atoms with van der Waals surface area (Å²) in [6, 6.07) is 1.17. The number of carbonyl (C=O) groups is 1. The van der Waals surface area contributed by atoms with Crippen molar-refractivity contribution in [2.24, 2.45) is 7.05 Å². The molecule has 0 N–H and O–H groups in total. The van der Waals surface area contributed by atoms with Gasteiger partial charge in [-0.1, -0.05) is 0 Å². The quantitative estimate of drug-likeness (QED) is 0.474. The van der Waals surface area contributed by atoms with Crippen LogP contribution < -0.4 is 0 Å². The largest absolute Gasteiger partial charge is 0.462 e. The van der Waals surface area contributed by atoms with Gasteiger partial charge in [-0.25, -0.2) is 9.78 Å². The van der Waals surface area contributed by atoms with Crippen LogP contribution in [0.5, 0.6) is 0 Å². The Morgan fingerprint density at radius 3 is 2.67 bits per heavy atom. The Hall–Kier alpha value is -3.03. The molecule has 0 unspecified atom stereocenters. The number of nitro groups is 1. The van der Waals surface area contributed by atoms with Crippen molar-refractivity contribution in [3.8, 4) is 0 Å². The highest BCUT2D eigenvalue weighted by Gasteiger charge is 2.18.